The van der Waals surface area contributed by atoms with Crippen LogP contribution in [0.25, 0.3) is 11.3 Å². The summed E-state index contributed by atoms with van der Waals surface area (Å²) in [7, 11) is 1.49. The predicted molar refractivity (Wildman–Crippen MR) is 136 cm³/mol. The van der Waals surface area contributed by atoms with Gasteiger partial charge in [0.1, 0.15) is 12.4 Å². The summed E-state index contributed by atoms with van der Waals surface area (Å²) in [5, 5.41) is 25.9. The van der Waals surface area contributed by atoms with Crippen molar-refractivity contribution in [2.75, 3.05) is 25.6 Å². The van der Waals surface area contributed by atoms with Crippen LogP contribution in [0, 0.1) is 5.82 Å². The minimum atomic E-state index is -1.14. The van der Waals surface area contributed by atoms with Gasteiger partial charge in [0, 0.05) is 30.1 Å². The number of aryl methyl sites for hydroxylation is 1. The van der Waals surface area contributed by atoms with Gasteiger partial charge in [-0.25, -0.2) is 9.18 Å². The van der Waals surface area contributed by atoms with E-state index in [1.54, 1.807) is 30.3 Å². The molecule has 0 bridgehead atoms. The monoisotopic (exact) mass is 553 g/mol. The highest BCUT2D eigenvalue weighted by Gasteiger charge is 2.25. The van der Waals surface area contributed by atoms with Gasteiger partial charge >= 0.3 is 6.09 Å². The Kier molecular flexibility index (Phi) is 10.3. The second kappa shape index (κ2) is 13.4. The molecule has 2 aromatic carbocycles. The standard InChI is InChI=1S/C25H26Cl2FN3O6/c1-31(23(34)9-8-15-4-3-7-20(28)24(15)27)18(11-19(33)13-32)14-36-25(35)29-22-12-21(37-30-22)16-5-2-6-17(26)10-16/h2-7,10,12,18-19,32-33H,8-9,11,13-14H2,1H3,(H,29,30,35)/t18-,19+/m0/s1. The van der Waals surface area contributed by atoms with Crippen LogP contribution in [0.3, 0.4) is 0 Å². The van der Waals surface area contributed by atoms with Gasteiger partial charge < -0.3 is 24.4 Å². The lowest BCUT2D eigenvalue weighted by Crippen LogP contribution is -2.43. The number of ether oxygens (including phenoxy) is 1. The molecule has 3 aromatic rings. The molecule has 2 amide bonds. The van der Waals surface area contributed by atoms with E-state index in [1.807, 2.05) is 0 Å². The average Bonchev–Trinajstić information content (AvgIpc) is 3.35. The maximum Gasteiger partial charge on any atom is 0.412 e. The molecule has 3 N–H and O–H groups in total. The molecule has 0 aliphatic rings. The highest BCUT2D eigenvalue weighted by molar-refractivity contribution is 6.31. The number of aliphatic hydroxyl groups is 2. The van der Waals surface area contributed by atoms with Crippen LogP contribution < -0.4 is 5.32 Å². The Bertz CT molecular complexity index is 1220. The zero-order chi connectivity index (χ0) is 26.9. The quantitative estimate of drug-likeness (QED) is 0.318. The molecule has 2 atom stereocenters. The molecule has 0 saturated carbocycles. The Morgan fingerprint density at radius 3 is 2.70 bits per heavy atom. The number of carbonyl (C=O) groups excluding carboxylic acids is 2. The van der Waals surface area contributed by atoms with Crippen molar-refractivity contribution in [2.45, 2.75) is 31.4 Å². The Labute approximate surface area is 222 Å². The number of hydrogen-bond donors (Lipinski definition) is 3. The number of aliphatic hydroxyl groups excluding tert-OH is 2. The summed E-state index contributed by atoms with van der Waals surface area (Å²) < 4.78 is 24.1. The number of anilines is 1. The van der Waals surface area contributed by atoms with E-state index >= 15 is 0 Å². The molecule has 0 saturated heterocycles. The minimum absolute atomic E-state index is 0.00279. The van der Waals surface area contributed by atoms with Crippen molar-refractivity contribution in [3.05, 3.63) is 70.0 Å². The first-order chi connectivity index (χ1) is 17.7. The topological polar surface area (TPSA) is 125 Å². The zero-order valence-electron chi connectivity index (χ0n) is 19.9. The number of nitrogens with zero attached hydrogens (tertiary/aromatic N) is 2. The molecule has 0 fully saturated rings. The fourth-order valence-electron chi connectivity index (χ4n) is 3.51. The van der Waals surface area contributed by atoms with E-state index in [0.29, 0.717) is 21.9 Å². The lowest BCUT2D eigenvalue weighted by Gasteiger charge is -2.29. The van der Waals surface area contributed by atoms with Gasteiger partial charge in [-0.1, -0.05) is 52.6 Å². The summed E-state index contributed by atoms with van der Waals surface area (Å²) in [6, 6.07) is 12.0. The number of hydrogen-bond acceptors (Lipinski definition) is 7. The third kappa shape index (κ3) is 8.16. The van der Waals surface area contributed by atoms with Gasteiger partial charge in [-0.05, 0) is 36.6 Å². The van der Waals surface area contributed by atoms with Gasteiger partial charge in [0.15, 0.2) is 11.6 Å². The number of benzene rings is 2. The number of halogens is 3. The van der Waals surface area contributed by atoms with Gasteiger partial charge in [0.05, 0.1) is 23.8 Å². The van der Waals surface area contributed by atoms with Crippen molar-refractivity contribution in [2.24, 2.45) is 0 Å². The number of likely N-dealkylation sites (N-methyl/N-ethyl adjacent to an activating group) is 1. The largest absolute Gasteiger partial charge is 0.447 e. The number of amides is 2. The Morgan fingerprint density at radius 1 is 1.22 bits per heavy atom. The van der Waals surface area contributed by atoms with Crippen molar-refractivity contribution in [3.8, 4) is 11.3 Å². The summed E-state index contributed by atoms with van der Waals surface area (Å²) in [6.07, 6.45) is -1.85. The maximum absolute atomic E-state index is 13.7. The molecular formula is C25H26Cl2FN3O6. The first-order valence-corrected chi connectivity index (χ1v) is 12.1. The molecule has 198 valence electrons. The van der Waals surface area contributed by atoms with Crippen molar-refractivity contribution >= 4 is 41.0 Å². The number of nitrogens with one attached hydrogen (secondary N) is 1. The lowest BCUT2D eigenvalue weighted by atomic mass is 10.1. The summed E-state index contributed by atoms with van der Waals surface area (Å²) >= 11 is 11.9. The van der Waals surface area contributed by atoms with E-state index in [0.717, 1.165) is 0 Å². The molecule has 0 aliphatic heterocycles. The summed E-state index contributed by atoms with van der Waals surface area (Å²) in [5.74, 6) is -0.439. The predicted octanol–water partition coefficient (Wildman–Crippen LogP) is 4.54. The van der Waals surface area contributed by atoms with Crippen LogP contribution in [0.15, 0.2) is 53.1 Å². The smallest absolute Gasteiger partial charge is 0.412 e. The lowest BCUT2D eigenvalue weighted by molar-refractivity contribution is -0.133. The minimum Gasteiger partial charge on any atom is -0.447 e. The molecule has 1 aromatic heterocycles. The first-order valence-electron chi connectivity index (χ1n) is 11.3. The van der Waals surface area contributed by atoms with Crippen molar-refractivity contribution in [1.82, 2.24) is 10.1 Å². The van der Waals surface area contributed by atoms with Crippen LogP contribution in [-0.2, 0) is 16.0 Å². The molecule has 0 unspecified atom stereocenters. The van der Waals surface area contributed by atoms with Crippen molar-refractivity contribution in [1.29, 1.82) is 0 Å². The van der Waals surface area contributed by atoms with Crippen LogP contribution in [0.1, 0.15) is 18.4 Å². The molecule has 9 nitrogen and oxygen atoms in total. The van der Waals surface area contributed by atoms with Gasteiger partial charge in [-0.15, -0.1) is 0 Å². The fraction of sp³-hybridized carbons (Fsp3) is 0.320. The molecule has 1 heterocycles. The summed E-state index contributed by atoms with van der Waals surface area (Å²) in [4.78, 5) is 26.4. The van der Waals surface area contributed by atoms with Gasteiger partial charge in [0.25, 0.3) is 0 Å². The summed E-state index contributed by atoms with van der Waals surface area (Å²) in [6.45, 7) is -0.806. The zero-order valence-corrected chi connectivity index (χ0v) is 21.4. The third-order valence-corrected chi connectivity index (χ3v) is 6.25. The van der Waals surface area contributed by atoms with E-state index in [-0.39, 0.29) is 42.6 Å². The van der Waals surface area contributed by atoms with Crippen LogP contribution in [0.2, 0.25) is 10.0 Å². The van der Waals surface area contributed by atoms with Crippen LogP contribution in [-0.4, -0.2) is 64.7 Å². The molecule has 3 rings (SSSR count). The van der Waals surface area contributed by atoms with Crippen molar-refractivity contribution < 1.29 is 33.5 Å². The molecular weight excluding hydrogens is 528 g/mol. The summed E-state index contributed by atoms with van der Waals surface area (Å²) in [5.41, 5.74) is 1.15. The van der Waals surface area contributed by atoms with Crippen LogP contribution >= 0.6 is 23.2 Å². The molecule has 37 heavy (non-hydrogen) atoms. The highest BCUT2D eigenvalue weighted by Crippen LogP contribution is 2.25. The van der Waals surface area contributed by atoms with E-state index in [4.69, 9.17) is 32.5 Å². The third-order valence-electron chi connectivity index (χ3n) is 5.59. The fourth-order valence-corrected chi connectivity index (χ4v) is 3.92. The van der Waals surface area contributed by atoms with E-state index in [9.17, 15) is 24.2 Å². The molecule has 0 radical (unpaired) electrons. The van der Waals surface area contributed by atoms with Gasteiger partial charge in [-0.2, -0.15) is 0 Å². The second-order valence-corrected chi connectivity index (χ2v) is 9.07. The Morgan fingerprint density at radius 2 is 1.97 bits per heavy atom. The Hall–Kier alpha value is -3.18. The normalized spacial score (nSPS) is 12.6. The number of carbonyl (C=O) groups is 2. The second-order valence-electron chi connectivity index (χ2n) is 8.25. The van der Waals surface area contributed by atoms with Gasteiger partial charge in [-0.3, -0.25) is 10.1 Å². The van der Waals surface area contributed by atoms with E-state index in [2.05, 4.69) is 10.5 Å². The van der Waals surface area contributed by atoms with Gasteiger partial charge in [0.2, 0.25) is 5.91 Å². The number of rotatable bonds is 11. The first kappa shape index (κ1) is 28.4. The van der Waals surface area contributed by atoms with Crippen LogP contribution in [0.5, 0.6) is 0 Å². The maximum atomic E-state index is 13.7. The van der Waals surface area contributed by atoms with Crippen LogP contribution in [0.4, 0.5) is 15.0 Å². The molecule has 12 heteroatoms. The van der Waals surface area contributed by atoms with E-state index in [1.165, 1.54) is 30.1 Å². The van der Waals surface area contributed by atoms with Crippen molar-refractivity contribution in [3.63, 3.8) is 0 Å². The molecule has 0 aliphatic carbocycles. The SMILES string of the molecule is CN(C(=O)CCc1cccc(F)c1Cl)[C@H](COC(=O)Nc1cc(-c2cccc(Cl)c2)on1)C[C@@H](O)CO. The molecule has 0 spiro atoms. The number of aromatic nitrogens is 1. The van der Waals surface area contributed by atoms with E-state index < -0.39 is 30.7 Å². The average molecular weight is 554 g/mol. The Balaban J connectivity index is 1.58. The highest BCUT2D eigenvalue weighted by atomic mass is 35.5.